The number of furan rings is 1. The first-order valence-corrected chi connectivity index (χ1v) is 6.63. The van der Waals surface area contributed by atoms with Crippen molar-refractivity contribution in [2.75, 3.05) is 0 Å². The Kier molecular flexibility index (Phi) is 2.89. The predicted molar refractivity (Wildman–Crippen MR) is 68.7 cm³/mol. The Bertz CT molecular complexity index is 656. The topological polar surface area (TPSA) is 61.3 Å². The van der Waals surface area contributed by atoms with Crippen LogP contribution in [0.4, 0.5) is 0 Å². The molecule has 0 saturated carbocycles. The van der Waals surface area contributed by atoms with Crippen molar-refractivity contribution in [1.82, 2.24) is 4.73 Å². The van der Waals surface area contributed by atoms with E-state index in [-0.39, 0.29) is 0 Å². The van der Waals surface area contributed by atoms with Crippen LogP contribution >= 0.6 is 0 Å². The summed E-state index contributed by atoms with van der Waals surface area (Å²) in [5, 5.41) is 10.3. The maximum atomic E-state index is 12.6. The van der Waals surface area contributed by atoms with Crippen molar-refractivity contribution in [3.63, 3.8) is 0 Å². The van der Waals surface area contributed by atoms with Crippen LogP contribution in [0, 0.1) is 11.8 Å². The molecule has 2 aromatic rings. The molecule has 0 spiro atoms. The van der Waals surface area contributed by atoms with E-state index in [9.17, 15) is 10.1 Å². The molecule has 0 bridgehead atoms. The highest BCUT2D eigenvalue weighted by molar-refractivity contribution is 5.51. The van der Waals surface area contributed by atoms with E-state index in [0.717, 1.165) is 40.5 Å². The van der Waals surface area contributed by atoms with Gasteiger partial charge in [0.15, 0.2) is 0 Å². The zero-order chi connectivity index (χ0) is 13.4. The lowest BCUT2D eigenvalue weighted by atomic mass is 10.1. The Morgan fingerprint density at radius 1 is 1.32 bits per heavy atom. The van der Waals surface area contributed by atoms with Crippen LogP contribution in [0.25, 0.3) is 11.5 Å². The zero-order valence-electron chi connectivity index (χ0n) is 10.9. The Labute approximate surface area is 110 Å². The van der Waals surface area contributed by atoms with Crippen LogP contribution in [0.3, 0.4) is 0 Å². The van der Waals surface area contributed by atoms with E-state index >= 15 is 0 Å². The highest BCUT2D eigenvalue weighted by atomic mass is 16.5. The number of rotatable bonds is 1. The quantitative estimate of drug-likeness (QED) is 0.487. The van der Waals surface area contributed by atoms with Crippen LogP contribution in [0.5, 0.6) is 0 Å². The Balaban J connectivity index is 2.30. The molecular weight excluding hydrogens is 244 g/mol. The summed E-state index contributed by atoms with van der Waals surface area (Å²) in [7, 11) is 0. The lowest BCUT2D eigenvalue weighted by molar-refractivity contribution is -0.496. The average Bonchev–Trinajstić information content (AvgIpc) is 2.80. The normalized spacial score (nSPS) is 15.0. The molecule has 19 heavy (non-hydrogen) atoms. The van der Waals surface area contributed by atoms with Gasteiger partial charge in [-0.15, -0.1) is 0 Å². The fraction of sp³-hybridized carbons (Fsp3) is 0.429. The van der Waals surface area contributed by atoms with Crippen molar-refractivity contribution in [2.24, 2.45) is 0 Å². The van der Waals surface area contributed by atoms with E-state index in [4.69, 9.17) is 4.42 Å². The van der Waals surface area contributed by atoms with Crippen molar-refractivity contribution in [3.05, 3.63) is 40.4 Å². The molecule has 3 rings (SSSR count). The monoisotopic (exact) mass is 261 g/mol. The minimum Gasteiger partial charge on any atom is -0.458 e. The highest BCUT2D eigenvalue weighted by Crippen LogP contribution is 2.24. The second-order valence-corrected chi connectivity index (χ2v) is 4.97. The van der Waals surface area contributed by atoms with Gasteiger partial charge in [0.1, 0.15) is 11.4 Å². The van der Waals surface area contributed by atoms with Crippen molar-refractivity contribution in [1.29, 1.82) is 0 Å². The van der Waals surface area contributed by atoms with Crippen LogP contribution < -0.4 is 4.43 Å². The van der Waals surface area contributed by atoms with Gasteiger partial charge >= 0.3 is 5.69 Å². The van der Waals surface area contributed by atoms with Gasteiger partial charge in [-0.2, -0.15) is 4.73 Å². The van der Waals surface area contributed by atoms with Gasteiger partial charge in [-0.25, -0.2) is 0 Å². The number of aromatic nitrogens is 2. The van der Waals surface area contributed by atoms with Gasteiger partial charge in [-0.1, -0.05) is 6.42 Å². The molecule has 5 nitrogen and oxygen atoms in total. The van der Waals surface area contributed by atoms with Crippen molar-refractivity contribution in [2.45, 2.75) is 39.0 Å². The molecule has 1 N–H and O–H groups in total. The Hall–Kier alpha value is -2.04. The molecule has 0 unspecified atom stereocenters. The third kappa shape index (κ3) is 1.85. The smallest absolute Gasteiger partial charge is 0.327 e. The molecule has 0 saturated heterocycles. The summed E-state index contributed by atoms with van der Waals surface area (Å²) in [6, 6.07) is 3.47. The summed E-state index contributed by atoms with van der Waals surface area (Å²) in [5.41, 5.74) is 2.32. The molecule has 2 aromatic heterocycles. The van der Waals surface area contributed by atoms with Gasteiger partial charge < -0.3 is 9.62 Å². The molecule has 0 amide bonds. The van der Waals surface area contributed by atoms with E-state index in [1.807, 2.05) is 0 Å². The Morgan fingerprint density at radius 2 is 2.11 bits per heavy atom. The van der Waals surface area contributed by atoms with Crippen molar-refractivity contribution in [3.8, 4) is 11.5 Å². The minimum absolute atomic E-state index is 0.396. The van der Waals surface area contributed by atoms with E-state index < -0.39 is 0 Å². The van der Waals surface area contributed by atoms with Crippen molar-refractivity contribution < 1.29 is 14.1 Å². The maximum absolute atomic E-state index is 12.6. The van der Waals surface area contributed by atoms with Gasteiger partial charge in [0.2, 0.25) is 5.76 Å². The summed E-state index contributed by atoms with van der Waals surface area (Å²) in [4.78, 5) is 12.6. The number of fused-ring (bicyclic) bond motifs is 1. The van der Waals surface area contributed by atoms with Gasteiger partial charge in [-0.05, 0) is 38.3 Å². The van der Waals surface area contributed by atoms with Gasteiger partial charge in [0, 0.05) is 11.3 Å². The molecular formula is C14H17N2O3+. The summed E-state index contributed by atoms with van der Waals surface area (Å²) in [6.45, 7) is 1.73. The van der Waals surface area contributed by atoms with Crippen LogP contribution in [-0.4, -0.2) is 9.94 Å². The van der Waals surface area contributed by atoms with Crippen LogP contribution in [0.1, 0.15) is 36.3 Å². The largest absolute Gasteiger partial charge is 0.458 e. The van der Waals surface area contributed by atoms with E-state index in [1.165, 1.54) is 6.26 Å². The van der Waals surface area contributed by atoms with E-state index in [0.29, 0.717) is 29.3 Å². The average molecular weight is 261 g/mol. The molecule has 1 aliphatic rings. The van der Waals surface area contributed by atoms with Gasteiger partial charge in [0.05, 0.1) is 10.7 Å². The SMILES string of the molecule is Cc1c(-c2ccco2)[n+](=O)c2c(n1O)CCCCC2. The van der Waals surface area contributed by atoms with Crippen LogP contribution in [-0.2, 0) is 12.8 Å². The first-order valence-electron chi connectivity index (χ1n) is 6.63. The molecule has 0 aromatic carbocycles. The molecule has 1 aliphatic carbocycles. The van der Waals surface area contributed by atoms with Gasteiger partial charge in [-0.3, -0.25) is 0 Å². The molecule has 0 fully saturated rings. The summed E-state index contributed by atoms with van der Waals surface area (Å²) >= 11 is 0. The predicted octanol–water partition coefficient (Wildman–Crippen LogP) is 2.48. The lowest BCUT2D eigenvalue weighted by Crippen LogP contribution is -2.31. The van der Waals surface area contributed by atoms with E-state index in [1.54, 1.807) is 19.1 Å². The third-order valence-corrected chi connectivity index (χ3v) is 3.78. The second kappa shape index (κ2) is 4.57. The maximum Gasteiger partial charge on any atom is 0.327 e. The van der Waals surface area contributed by atoms with E-state index in [2.05, 4.69) is 0 Å². The minimum atomic E-state index is 0.396. The molecule has 0 radical (unpaired) electrons. The Morgan fingerprint density at radius 3 is 2.84 bits per heavy atom. The third-order valence-electron chi connectivity index (χ3n) is 3.78. The number of hydrogen-bond acceptors (Lipinski definition) is 3. The summed E-state index contributed by atoms with van der Waals surface area (Å²) in [6.07, 6.45) is 6.05. The molecule has 0 atom stereocenters. The molecule has 100 valence electrons. The van der Waals surface area contributed by atoms with Crippen LogP contribution in [0.2, 0.25) is 0 Å². The molecule has 5 heteroatoms. The van der Waals surface area contributed by atoms with Gasteiger partial charge in [0.25, 0.3) is 5.69 Å². The van der Waals surface area contributed by atoms with Crippen LogP contribution in [0.15, 0.2) is 22.8 Å². The summed E-state index contributed by atoms with van der Waals surface area (Å²) in [5.74, 6) is 0.488. The first kappa shape index (κ1) is 12.0. The molecule has 0 aliphatic heterocycles. The molecule has 2 heterocycles. The zero-order valence-corrected chi connectivity index (χ0v) is 10.9. The first-order chi connectivity index (χ1) is 9.20. The van der Waals surface area contributed by atoms with Crippen molar-refractivity contribution >= 4 is 0 Å². The fourth-order valence-electron chi connectivity index (χ4n) is 2.77. The fourth-order valence-corrected chi connectivity index (χ4v) is 2.77. The number of nitrogens with zero attached hydrogens (tertiary/aromatic N) is 2. The standard InChI is InChI=1S/C14H17N2O3/c1-10-14(13-8-5-9-19-13)16(18)12-7-4-2-3-6-11(12)15(10)17/h5,8-9,17H,2-4,6-7H2,1H3/q+1. The lowest BCUT2D eigenvalue weighted by Gasteiger charge is -2.09. The number of hydrogen-bond donors (Lipinski definition) is 1. The highest BCUT2D eigenvalue weighted by Gasteiger charge is 2.31. The summed E-state index contributed by atoms with van der Waals surface area (Å²) < 4.78 is 7.40. The second-order valence-electron chi connectivity index (χ2n) is 4.97.